The number of hydrogen-bond donors (Lipinski definition) is 0. The standard InChI is InChI=1S/C18H19Cl2NO/c1-11(2)22-8-6-14-9-15(10-16(19)13(14)4)17-12(3)5-7-21-18(17)20/h5,7,9-10H,1,6,8H2,2-4H3. The Morgan fingerprint density at radius 2 is 2.00 bits per heavy atom. The lowest BCUT2D eigenvalue weighted by Crippen LogP contribution is -2.00. The zero-order chi connectivity index (χ0) is 16.3. The maximum Gasteiger partial charge on any atom is 0.137 e. The van der Waals surface area contributed by atoms with Gasteiger partial charge in [0.2, 0.25) is 0 Å². The van der Waals surface area contributed by atoms with Gasteiger partial charge in [-0.25, -0.2) is 4.98 Å². The molecule has 116 valence electrons. The zero-order valence-corrected chi connectivity index (χ0v) is 14.6. The molecular weight excluding hydrogens is 317 g/mol. The van der Waals surface area contributed by atoms with Crippen molar-refractivity contribution in [1.82, 2.24) is 4.98 Å². The molecule has 2 nitrogen and oxygen atoms in total. The lowest BCUT2D eigenvalue weighted by Gasteiger charge is -2.14. The number of pyridine rings is 1. The van der Waals surface area contributed by atoms with Crippen LogP contribution in [-0.2, 0) is 11.2 Å². The molecule has 0 unspecified atom stereocenters. The topological polar surface area (TPSA) is 22.1 Å². The van der Waals surface area contributed by atoms with Crippen molar-refractivity contribution < 1.29 is 4.74 Å². The molecule has 0 aliphatic carbocycles. The highest BCUT2D eigenvalue weighted by atomic mass is 35.5. The summed E-state index contributed by atoms with van der Waals surface area (Å²) in [6, 6.07) is 5.99. The van der Waals surface area contributed by atoms with Crippen LogP contribution in [0.15, 0.2) is 36.7 Å². The van der Waals surface area contributed by atoms with Gasteiger partial charge in [-0.15, -0.1) is 0 Å². The summed E-state index contributed by atoms with van der Waals surface area (Å²) in [5.74, 6) is 0.714. The van der Waals surface area contributed by atoms with Crippen molar-refractivity contribution in [1.29, 1.82) is 0 Å². The van der Waals surface area contributed by atoms with Gasteiger partial charge in [0.1, 0.15) is 5.15 Å². The first-order valence-electron chi connectivity index (χ1n) is 7.09. The molecule has 22 heavy (non-hydrogen) atoms. The van der Waals surface area contributed by atoms with E-state index in [1.54, 1.807) is 6.20 Å². The number of aromatic nitrogens is 1. The molecule has 0 fully saturated rings. The summed E-state index contributed by atoms with van der Waals surface area (Å²) in [4.78, 5) is 4.17. The first-order chi connectivity index (χ1) is 10.4. The van der Waals surface area contributed by atoms with Gasteiger partial charge in [-0.1, -0.05) is 35.8 Å². The molecule has 0 radical (unpaired) electrons. The number of allylic oxidation sites excluding steroid dienone is 1. The molecule has 0 saturated heterocycles. The second-order valence-corrected chi connectivity index (χ2v) is 6.10. The van der Waals surface area contributed by atoms with Crippen LogP contribution in [0, 0.1) is 13.8 Å². The number of halogens is 2. The molecule has 0 saturated carbocycles. The van der Waals surface area contributed by atoms with Crippen LogP contribution in [0.5, 0.6) is 0 Å². The minimum Gasteiger partial charge on any atom is -0.499 e. The molecule has 4 heteroatoms. The first-order valence-corrected chi connectivity index (χ1v) is 7.84. The van der Waals surface area contributed by atoms with Crippen molar-refractivity contribution in [2.45, 2.75) is 27.2 Å². The molecule has 1 heterocycles. The van der Waals surface area contributed by atoms with E-state index in [2.05, 4.69) is 17.6 Å². The highest BCUT2D eigenvalue weighted by Crippen LogP contribution is 2.34. The molecule has 2 rings (SSSR count). The number of benzene rings is 1. The first kappa shape index (κ1) is 16.9. The Morgan fingerprint density at radius 3 is 2.64 bits per heavy atom. The van der Waals surface area contributed by atoms with Crippen LogP contribution in [0.4, 0.5) is 0 Å². The predicted molar refractivity (Wildman–Crippen MR) is 93.6 cm³/mol. The van der Waals surface area contributed by atoms with Gasteiger partial charge in [-0.3, -0.25) is 0 Å². The fourth-order valence-electron chi connectivity index (χ4n) is 2.35. The lowest BCUT2D eigenvalue weighted by atomic mass is 9.96. The van der Waals surface area contributed by atoms with Crippen molar-refractivity contribution in [2.24, 2.45) is 0 Å². The van der Waals surface area contributed by atoms with E-state index in [0.29, 0.717) is 17.5 Å². The molecule has 0 aliphatic rings. The van der Waals surface area contributed by atoms with E-state index in [4.69, 9.17) is 27.9 Å². The Hall–Kier alpha value is -1.51. The van der Waals surface area contributed by atoms with E-state index >= 15 is 0 Å². The van der Waals surface area contributed by atoms with E-state index in [-0.39, 0.29) is 0 Å². The van der Waals surface area contributed by atoms with E-state index in [0.717, 1.165) is 39.3 Å². The summed E-state index contributed by atoms with van der Waals surface area (Å²) < 4.78 is 5.46. The lowest BCUT2D eigenvalue weighted by molar-refractivity contribution is 0.219. The average molecular weight is 336 g/mol. The summed E-state index contributed by atoms with van der Waals surface area (Å²) in [7, 11) is 0. The second kappa shape index (κ2) is 7.17. The number of rotatable bonds is 5. The Kier molecular flexibility index (Phi) is 5.49. The predicted octanol–water partition coefficient (Wildman–Crippen LogP) is 5.76. The van der Waals surface area contributed by atoms with Gasteiger partial charge in [-0.05, 0) is 55.2 Å². The Balaban J connectivity index is 2.42. The number of nitrogens with zero attached hydrogens (tertiary/aromatic N) is 1. The fraction of sp³-hybridized carbons (Fsp3) is 0.278. The molecule has 0 spiro atoms. The van der Waals surface area contributed by atoms with Gasteiger partial charge >= 0.3 is 0 Å². The molecule has 0 amide bonds. The smallest absolute Gasteiger partial charge is 0.137 e. The summed E-state index contributed by atoms with van der Waals surface area (Å²) in [5.41, 5.74) is 5.19. The molecule has 0 atom stereocenters. The maximum atomic E-state index is 6.39. The minimum absolute atomic E-state index is 0.490. The van der Waals surface area contributed by atoms with Gasteiger partial charge in [0.25, 0.3) is 0 Å². The molecule has 1 aromatic heterocycles. The van der Waals surface area contributed by atoms with Crippen LogP contribution < -0.4 is 0 Å². The summed E-state index contributed by atoms with van der Waals surface area (Å²) >= 11 is 12.7. The van der Waals surface area contributed by atoms with Gasteiger partial charge in [0.05, 0.1) is 12.4 Å². The third kappa shape index (κ3) is 3.82. The minimum atomic E-state index is 0.490. The third-order valence-electron chi connectivity index (χ3n) is 3.57. The largest absolute Gasteiger partial charge is 0.499 e. The van der Waals surface area contributed by atoms with Crippen LogP contribution in [0.2, 0.25) is 10.2 Å². The highest BCUT2D eigenvalue weighted by Gasteiger charge is 2.12. The van der Waals surface area contributed by atoms with Gasteiger partial charge in [0.15, 0.2) is 0 Å². The monoisotopic (exact) mass is 335 g/mol. The molecular formula is C18H19Cl2NO. The summed E-state index contributed by atoms with van der Waals surface area (Å²) in [6.45, 7) is 10.2. The van der Waals surface area contributed by atoms with Gasteiger partial charge < -0.3 is 4.74 Å². The maximum absolute atomic E-state index is 6.39. The highest BCUT2D eigenvalue weighted by molar-refractivity contribution is 6.33. The van der Waals surface area contributed by atoms with Crippen LogP contribution in [0.25, 0.3) is 11.1 Å². The average Bonchev–Trinajstić information content (AvgIpc) is 2.43. The normalized spacial score (nSPS) is 10.6. The molecule has 1 aromatic carbocycles. The Labute approximate surface area is 141 Å². The number of hydrogen-bond acceptors (Lipinski definition) is 2. The van der Waals surface area contributed by atoms with Crippen LogP contribution in [-0.4, -0.2) is 11.6 Å². The molecule has 0 aliphatic heterocycles. The SMILES string of the molecule is C=C(C)OCCc1cc(-c2c(C)ccnc2Cl)cc(Cl)c1C. The van der Waals surface area contributed by atoms with Crippen LogP contribution >= 0.6 is 23.2 Å². The van der Waals surface area contributed by atoms with Crippen molar-refractivity contribution >= 4 is 23.2 Å². The second-order valence-electron chi connectivity index (χ2n) is 5.34. The van der Waals surface area contributed by atoms with Crippen LogP contribution in [0.3, 0.4) is 0 Å². The van der Waals surface area contributed by atoms with Gasteiger partial charge in [0, 0.05) is 23.2 Å². The molecule has 2 aromatic rings. The van der Waals surface area contributed by atoms with Crippen molar-refractivity contribution in [2.75, 3.05) is 6.61 Å². The molecule has 0 bridgehead atoms. The van der Waals surface area contributed by atoms with E-state index < -0.39 is 0 Å². The zero-order valence-electron chi connectivity index (χ0n) is 13.0. The van der Waals surface area contributed by atoms with Gasteiger partial charge in [-0.2, -0.15) is 0 Å². The quantitative estimate of drug-likeness (QED) is 0.511. The van der Waals surface area contributed by atoms with E-state index in [1.807, 2.05) is 32.9 Å². The fourth-order valence-corrected chi connectivity index (χ4v) is 2.90. The molecule has 0 N–H and O–H groups in total. The number of ether oxygens (including phenoxy) is 1. The van der Waals surface area contributed by atoms with E-state index in [9.17, 15) is 0 Å². The Bertz CT molecular complexity index is 690. The van der Waals surface area contributed by atoms with Crippen molar-refractivity contribution in [3.63, 3.8) is 0 Å². The Morgan fingerprint density at radius 1 is 1.27 bits per heavy atom. The summed E-state index contributed by atoms with van der Waals surface area (Å²) in [5, 5.41) is 1.21. The summed E-state index contributed by atoms with van der Waals surface area (Å²) in [6.07, 6.45) is 2.47. The van der Waals surface area contributed by atoms with Crippen molar-refractivity contribution in [3.05, 3.63) is 63.6 Å². The van der Waals surface area contributed by atoms with Crippen LogP contribution in [0.1, 0.15) is 23.6 Å². The van der Waals surface area contributed by atoms with E-state index in [1.165, 1.54) is 0 Å². The van der Waals surface area contributed by atoms with Crippen molar-refractivity contribution in [3.8, 4) is 11.1 Å². The third-order valence-corrected chi connectivity index (χ3v) is 4.25. The number of aryl methyl sites for hydroxylation is 1.